The molecule has 0 aliphatic carbocycles. The van der Waals surface area contributed by atoms with Crippen molar-refractivity contribution >= 4 is 11.0 Å². The van der Waals surface area contributed by atoms with E-state index >= 15 is 0 Å². The van der Waals surface area contributed by atoms with Crippen LogP contribution in [0.2, 0.25) is 0 Å². The second-order valence-corrected chi connectivity index (χ2v) is 6.65. The molecule has 4 nitrogen and oxygen atoms in total. The van der Waals surface area contributed by atoms with E-state index in [1.165, 1.54) is 17.8 Å². The molecule has 0 spiro atoms. The van der Waals surface area contributed by atoms with Crippen molar-refractivity contribution in [3.63, 3.8) is 0 Å². The van der Waals surface area contributed by atoms with Gasteiger partial charge in [-0.2, -0.15) is 0 Å². The number of benzene rings is 1. The van der Waals surface area contributed by atoms with Crippen LogP contribution >= 0.6 is 0 Å². The number of hydrogen-bond donors (Lipinski definition) is 1. The third-order valence-corrected chi connectivity index (χ3v) is 4.35. The van der Waals surface area contributed by atoms with Crippen LogP contribution in [-0.2, 0) is 13.1 Å². The molecule has 2 N–H and O–H groups in total. The van der Waals surface area contributed by atoms with Gasteiger partial charge in [-0.15, -0.1) is 0 Å². The van der Waals surface area contributed by atoms with Gasteiger partial charge in [0.05, 0.1) is 17.6 Å². The zero-order chi connectivity index (χ0) is 14.8. The van der Waals surface area contributed by atoms with Gasteiger partial charge in [-0.3, -0.25) is 4.90 Å². The minimum Gasteiger partial charge on any atom is -0.330 e. The number of hydrogen-bond acceptors (Lipinski definition) is 3. The lowest BCUT2D eigenvalue weighted by Crippen LogP contribution is -2.25. The molecule has 3 rings (SSSR count). The fraction of sp³-hybridized carbons (Fsp3) is 0.588. The summed E-state index contributed by atoms with van der Waals surface area (Å²) < 4.78 is 2.40. The summed E-state index contributed by atoms with van der Waals surface area (Å²) in [4.78, 5) is 7.37. The minimum atomic E-state index is 0.622. The fourth-order valence-corrected chi connectivity index (χ4v) is 3.26. The third-order valence-electron chi connectivity index (χ3n) is 4.35. The molecule has 0 amide bonds. The summed E-state index contributed by atoms with van der Waals surface area (Å²) in [6.07, 6.45) is 1.22. The number of imidazole rings is 1. The average Bonchev–Trinajstić information content (AvgIpc) is 3.05. The Morgan fingerprint density at radius 1 is 1.33 bits per heavy atom. The van der Waals surface area contributed by atoms with E-state index in [0.717, 1.165) is 38.2 Å². The van der Waals surface area contributed by atoms with Gasteiger partial charge < -0.3 is 10.3 Å². The molecule has 4 heteroatoms. The molecule has 1 saturated heterocycles. The Balaban J connectivity index is 1.86. The van der Waals surface area contributed by atoms with Crippen LogP contribution in [0.3, 0.4) is 0 Å². The van der Waals surface area contributed by atoms with Gasteiger partial charge in [0.25, 0.3) is 0 Å². The summed E-state index contributed by atoms with van der Waals surface area (Å²) in [5.74, 6) is 2.48. The maximum Gasteiger partial charge on any atom is 0.124 e. The van der Waals surface area contributed by atoms with Crippen LogP contribution in [0, 0.1) is 11.8 Å². The maximum atomic E-state index is 5.80. The number of para-hydroxylation sites is 2. The third kappa shape index (κ3) is 3.11. The summed E-state index contributed by atoms with van der Waals surface area (Å²) in [5.41, 5.74) is 8.17. The van der Waals surface area contributed by atoms with E-state index in [2.05, 4.69) is 47.6 Å². The summed E-state index contributed by atoms with van der Waals surface area (Å²) >= 11 is 0. The molecule has 114 valence electrons. The number of aromatic nitrogens is 2. The van der Waals surface area contributed by atoms with Gasteiger partial charge in [-0.25, -0.2) is 4.98 Å². The van der Waals surface area contributed by atoms with Gasteiger partial charge >= 0.3 is 0 Å². The SMILES string of the molecule is CC(C)Cn1c(CN2CCC(CN)C2)nc2ccccc21. The van der Waals surface area contributed by atoms with E-state index in [1.54, 1.807) is 0 Å². The standard InChI is InChI=1S/C17H26N4/c1-13(2)10-21-16-6-4-3-5-15(16)19-17(21)12-20-8-7-14(9-18)11-20/h3-6,13-14H,7-12,18H2,1-2H3. The summed E-state index contributed by atoms with van der Waals surface area (Å²) in [6, 6.07) is 8.47. The largest absolute Gasteiger partial charge is 0.330 e. The van der Waals surface area contributed by atoms with E-state index in [4.69, 9.17) is 10.7 Å². The van der Waals surface area contributed by atoms with E-state index in [0.29, 0.717) is 11.8 Å². The van der Waals surface area contributed by atoms with Crippen LogP contribution in [0.25, 0.3) is 11.0 Å². The van der Waals surface area contributed by atoms with E-state index < -0.39 is 0 Å². The summed E-state index contributed by atoms with van der Waals surface area (Å²) in [6.45, 7) is 9.56. The zero-order valence-corrected chi connectivity index (χ0v) is 13.1. The molecular formula is C17H26N4. The van der Waals surface area contributed by atoms with Crippen molar-refractivity contribution in [1.29, 1.82) is 0 Å². The highest BCUT2D eigenvalue weighted by Gasteiger charge is 2.23. The van der Waals surface area contributed by atoms with Crippen LogP contribution in [0.15, 0.2) is 24.3 Å². The van der Waals surface area contributed by atoms with Crippen LogP contribution in [0.4, 0.5) is 0 Å². The van der Waals surface area contributed by atoms with Gasteiger partial charge in [-0.1, -0.05) is 26.0 Å². The zero-order valence-electron chi connectivity index (χ0n) is 13.1. The molecule has 1 aromatic heterocycles. The van der Waals surface area contributed by atoms with Crippen molar-refractivity contribution in [2.45, 2.75) is 33.4 Å². The minimum absolute atomic E-state index is 0.622. The summed E-state index contributed by atoms with van der Waals surface area (Å²) in [7, 11) is 0. The number of fused-ring (bicyclic) bond motifs is 1. The van der Waals surface area contributed by atoms with Crippen molar-refractivity contribution in [2.75, 3.05) is 19.6 Å². The van der Waals surface area contributed by atoms with Crippen LogP contribution in [-0.4, -0.2) is 34.1 Å². The first-order chi connectivity index (χ1) is 10.2. The van der Waals surface area contributed by atoms with Gasteiger partial charge in [0.15, 0.2) is 0 Å². The Morgan fingerprint density at radius 3 is 2.86 bits per heavy atom. The highest BCUT2D eigenvalue weighted by atomic mass is 15.2. The van der Waals surface area contributed by atoms with Crippen molar-refractivity contribution in [2.24, 2.45) is 17.6 Å². The molecule has 1 aliphatic rings. The van der Waals surface area contributed by atoms with Gasteiger partial charge in [0.2, 0.25) is 0 Å². The highest BCUT2D eigenvalue weighted by molar-refractivity contribution is 5.75. The number of rotatable bonds is 5. The van der Waals surface area contributed by atoms with E-state index in [1.807, 2.05) is 0 Å². The van der Waals surface area contributed by atoms with E-state index in [-0.39, 0.29) is 0 Å². The molecule has 1 unspecified atom stereocenters. The first-order valence-electron chi connectivity index (χ1n) is 8.04. The number of nitrogens with zero attached hydrogens (tertiary/aromatic N) is 3. The molecule has 0 saturated carbocycles. The van der Waals surface area contributed by atoms with Crippen LogP contribution in [0.5, 0.6) is 0 Å². The van der Waals surface area contributed by atoms with E-state index in [9.17, 15) is 0 Å². The molecule has 1 aromatic carbocycles. The molecule has 1 fully saturated rings. The monoisotopic (exact) mass is 286 g/mol. The predicted molar refractivity (Wildman–Crippen MR) is 87.0 cm³/mol. The van der Waals surface area contributed by atoms with Crippen molar-refractivity contribution in [3.05, 3.63) is 30.1 Å². The van der Waals surface area contributed by atoms with Gasteiger partial charge in [0.1, 0.15) is 5.82 Å². The lowest BCUT2D eigenvalue weighted by atomic mass is 10.1. The number of likely N-dealkylation sites (tertiary alicyclic amines) is 1. The first kappa shape index (κ1) is 14.5. The molecule has 2 heterocycles. The van der Waals surface area contributed by atoms with Crippen LogP contribution in [0.1, 0.15) is 26.1 Å². The van der Waals surface area contributed by atoms with Crippen LogP contribution < -0.4 is 5.73 Å². The molecule has 0 radical (unpaired) electrons. The van der Waals surface area contributed by atoms with Crippen molar-refractivity contribution in [3.8, 4) is 0 Å². The maximum absolute atomic E-state index is 5.80. The molecule has 0 bridgehead atoms. The lowest BCUT2D eigenvalue weighted by molar-refractivity contribution is 0.302. The topological polar surface area (TPSA) is 47.1 Å². The molecular weight excluding hydrogens is 260 g/mol. The Morgan fingerprint density at radius 2 is 2.14 bits per heavy atom. The van der Waals surface area contributed by atoms with Crippen molar-refractivity contribution < 1.29 is 0 Å². The molecule has 1 atom stereocenters. The smallest absolute Gasteiger partial charge is 0.124 e. The lowest BCUT2D eigenvalue weighted by Gasteiger charge is -2.17. The highest BCUT2D eigenvalue weighted by Crippen LogP contribution is 2.22. The molecule has 2 aromatic rings. The molecule has 1 aliphatic heterocycles. The Kier molecular flexibility index (Phi) is 4.27. The number of nitrogens with two attached hydrogens (primary N) is 1. The Hall–Kier alpha value is -1.39. The second-order valence-electron chi connectivity index (χ2n) is 6.65. The predicted octanol–water partition coefficient (Wildman–Crippen LogP) is 2.47. The normalized spacial score (nSPS) is 19.9. The first-order valence-corrected chi connectivity index (χ1v) is 8.04. The molecule has 21 heavy (non-hydrogen) atoms. The Bertz CT molecular complexity index is 602. The van der Waals surface area contributed by atoms with Gasteiger partial charge in [-0.05, 0) is 43.5 Å². The fourth-order valence-electron chi connectivity index (χ4n) is 3.26. The average molecular weight is 286 g/mol. The summed E-state index contributed by atoms with van der Waals surface area (Å²) in [5, 5.41) is 0. The Labute approximate surface area is 126 Å². The second kappa shape index (κ2) is 6.16. The van der Waals surface area contributed by atoms with Gasteiger partial charge in [0, 0.05) is 13.1 Å². The quantitative estimate of drug-likeness (QED) is 0.918. The van der Waals surface area contributed by atoms with Crippen molar-refractivity contribution in [1.82, 2.24) is 14.5 Å².